The summed E-state index contributed by atoms with van der Waals surface area (Å²) < 4.78 is 65.5. The molecule has 0 bridgehead atoms. The molecular weight excluding hydrogens is 857 g/mol. The summed E-state index contributed by atoms with van der Waals surface area (Å²) in [5.41, 5.74) is 11.7. The zero-order valence-electron chi connectivity index (χ0n) is 34.6. The number of likely N-dealkylation sites (N-methyl/N-ethyl adjacent to an activating group) is 1. The van der Waals surface area contributed by atoms with E-state index in [1.54, 1.807) is 0 Å². The van der Waals surface area contributed by atoms with Crippen LogP contribution in [-0.4, -0.2) is 154 Å². The fourth-order valence-corrected chi connectivity index (χ4v) is 7.84. The number of nitrogens with two attached hydrogens (primary N) is 2. The van der Waals surface area contributed by atoms with E-state index in [9.17, 15) is 52.8 Å². The van der Waals surface area contributed by atoms with E-state index < -0.39 is 90.8 Å². The third-order valence-electron chi connectivity index (χ3n) is 11.2. The van der Waals surface area contributed by atoms with Gasteiger partial charge in [-0.2, -0.15) is 0 Å². The molecule has 4 unspecified atom stereocenters. The maximum atomic E-state index is 13.1. The number of ether oxygens (including phenoxy) is 5. The number of alkyl halides is 3. The molecule has 10 atom stereocenters. The Kier molecular flexibility index (Phi) is 15.9. The second-order valence-electron chi connectivity index (χ2n) is 15.6. The van der Waals surface area contributed by atoms with Gasteiger partial charge < -0.3 is 71.1 Å². The Morgan fingerprint density at radius 1 is 0.938 bits per heavy atom. The van der Waals surface area contributed by atoms with Crippen molar-refractivity contribution in [2.45, 2.75) is 99.6 Å². The number of aliphatic hydroxyl groups excluding tert-OH is 4. The van der Waals surface area contributed by atoms with E-state index in [4.69, 9.17) is 30.4 Å². The average molecular weight is 911 g/mol. The number of aliphatic hydroxyl groups is 4. The number of aromatic nitrogens is 2. The highest BCUT2D eigenvalue weighted by Crippen LogP contribution is 2.35. The van der Waals surface area contributed by atoms with Crippen LogP contribution in [0.4, 0.5) is 23.7 Å². The van der Waals surface area contributed by atoms with E-state index >= 15 is 0 Å². The lowest BCUT2D eigenvalue weighted by Crippen LogP contribution is -2.59. The molecule has 3 fully saturated rings. The van der Waals surface area contributed by atoms with Crippen LogP contribution in [-0.2, 0) is 25.5 Å². The van der Waals surface area contributed by atoms with Gasteiger partial charge in [0.2, 0.25) is 5.91 Å². The van der Waals surface area contributed by atoms with Crippen molar-refractivity contribution in [3.05, 3.63) is 87.2 Å². The molecular formula is C40H53F3N8O13. The number of anilines is 1. The zero-order valence-corrected chi connectivity index (χ0v) is 34.6. The van der Waals surface area contributed by atoms with Crippen molar-refractivity contribution >= 4 is 17.6 Å². The minimum atomic E-state index is -4.77. The van der Waals surface area contributed by atoms with Crippen LogP contribution < -0.4 is 47.7 Å². The number of urea groups is 1. The number of amides is 3. The monoisotopic (exact) mass is 910 g/mol. The predicted molar refractivity (Wildman–Crippen MR) is 218 cm³/mol. The number of nitrogens with zero attached hydrogens (tertiary/aromatic N) is 3. The van der Waals surface area contributed by atoms with Crippen LogP contribution in [0.5, 0.6) is 11.5 Å². The van der Waals surface area contributed by atoms with Crippen LogP contribution in [0.15, 0.2) is 70.4 Å². The first-order valence-electron chi connectivity index (χ1n) is 20.5. The molecule has 64 heavy (non-hydrogen) atoms. The number of piperidine rings is 1. The number of aromatic amines is 1. The summed E-state index contributed by atoms with van der Waals surface area (Å²) in [4.78, 5) is 55.7. The van der Waals surface area contributed by atoms with E-state index in [-0.39, 0.29) is 44.5 Å². The van der Waals surface area contributed by atoms with Gasteiger partial charge in [0.05, 0.1) is 0 Å². The molecule has 352 valence electrons. The van der Waals surface area contributed by atoms with Gasteiger partial charge in [0.1, 0.15) is 66.4 Å². The summed E-state index contributed by atoms with van der Waals surface area (Å²) in [7, 11) is 1.50. The summed E-state index contributed by atoms with van der Waals surface area (Å²) in [6.07, 6.45) is -16.3. The largest absolute Gasteiger partial charge is 0.573 e. The van der Waals surface area contributed by atoms with E-state index in [1.807, 2.05) is 29.2 Å². The van der Waals surface area contributed by atoms with Gasteiger partial charge in [-0.25, -0.2) is 9.59 Å². The topological polar surface area (TPSA) is 299 Å². The lowest BCUT2D eigenvalue weighted by molar-refractivity contribution is -0.274. The van der Waals surface area contributed by atoms with Crippen molar-refractivity contribution in [1.82, 2.24) is 25.1 Å². The van der Waals surface area contributed by atoms with Gasteiger partial charge in [-0.3, -0.25) is 24.0 Å². The average Bonchev–Trinajstić information content (AvgIpc) is 3.70. The molecule has 0 spiro atoms. The van der Waals surface area contributed by atoms with Crippen molar-refractivity contribution in [3.63, 3.8) is 0 Å². The summed E-state index contributed by atoms with van der Waals surface area (Å²) >= 11 is 0. The van der Waals surface area contributed by atoms with Crippen molar-refractivity contribution in [2.24, 2.45) is 11.5 Å². The summed E-state index contributed by atoms with van der Waals surface area (Å²) in [5.74, 6) is -0.849. The van der Waals surface area contributed by atoms with E-state index in [1.165, 1.54) is 36.2 Å². The zero-order chi connectivity index (χ0) is 46.3. The first kappa shape index (κ1) is 48.2. The fourth-order valence-electron chi connectivity index (χ4n) is 7.84. The first-order valence-corrected chi connectivity index (χ1v) is 20.5. The van der Waals surface area contributed by atoms with Crippen LogP contribution in [0.1, 0.15) is 31.1 Å². The maximum absolute atomic E-state index is 13.1. The number of carbonyl (C=O) groups is 2. The van der Waals surface area contributed by atoms with E-state index in [0.29, 0.717) is 31.7 Å². The molecule has 0 radical (unpaired) electrons. The minimum absolute atomic E-state index is 0.1000. The highest BCUT2D eigenvalue weighted by atomic mass is 19.4. The van der Waals surface area contributed by atoms with Crippen LogP contribution >= 0.6 is 0 Å². The lowest BCUT2D eigenvalue weighted by Gasteiger charge is -2.37. The molecule has 4 heterocycles. The Labute approximate surface area is 363 Å². The van der Waals surface area contributed by atoms with Gasteiger partial charge in [-0.15, -0.1) is 13.2 Å². The van der Waals surface area contributed by atoms with Gasteiger partial charge in [0.25, 0.3) is 5.56 Å². The third kappa shape index (κ3) is 12.1. The molecule has 0 aliphatic carbocycles. The number of rotatable bonds is 18. The quantitative estimate of drug-likeness (QED) is 0.0661. The Hall–Kier alpha value is -5.31. The number of benzene rings is 2. The number of hydrogen-bond acceptors (Lipinski definition) is 16. The highest BCUT2D eigenvalue weighted by Gasteiger charge is 2.54. The van der Waals surface area contributed by atoms with Gasteiger partial charge >= 0.3 is 18.1 Å². The number of carbonyl (C=O) groups excluding carboxylic acids is 2. The lowest BCUT2D eigenvalue weighted by atomic mass is 9.97. The summed E-state index contributed by atoms with van der Waals surface area (Å²) in [5, 5.41) is 48.8. The fraction of sp³-hybridized carbons (Fsp3) is 0.550. The number of H-pyrrole nitrogens is 1. The van der Waals surface area contributed by atoms with Crippen molar-refractivity contribution in [3.8, 4) is 11.5 Å². The van der Waals surface area contributed by atoms with Crippen LogP contribution in [0.3, 0.4) is 0 Å². The van der Waals surface area contributed by atoms with Crippen LogP contribution in [0.2, 0.25) is 0 Å². The number of primary amides is 1. The Morgan fingerprint density at radius 3 is 2.22 bits per heavy atom. The molecule has 6 rings (SSSR count). The molecule has 0 saturated carbocycles. The maximum Gasteiger partial charge on any atom is 0.573 e. The number of halogens is 3. The molecule has 3 amide bonds. The smallest absolute Gasteiger partial charge is 0.490 e. The van der Waals surface area contributed by atoms with Crippen LogP contribution in [0.25, 0.3) is 0 Å². The van der Waals surface area contributed by atoms with Crippen molar-refractivity contribution in [1.29, 1.82) is 0 Å². The standard InChI is InChI=1S/C40H53F3N8O13/c1-49(28(35(45)57)33(63-37-32(56)29(53)26(19-44)61-37)34-30(54)31(55)36(62-34)51-18-13-27(52)48-39(51)59)15-2-14-46-38(58)47-20-21-3-5-22(6-4-21)50-16-11-24(12-17-50)60-23-7-9-25(10-8-23)64-40(41,42)43/h3-10,13,18,24,26,28-34,36-37,53-56H,2,11-12,14-17,19-20,44H2,1H3,(H2,45,57)(H2,46,47,58)(H,48,52,59)/t26-,28+,29-,30?,31?,32-,33+,34?,36?,37+/m1/s1. The van der Waals surface area contributed by atoms with E-state index in [0.717, 1.165) is 28.1 Å². The second-order valence-corrected chi connectivity index (χ2v) is 15.6. The molecule has 2 aromatic carbocycles. The van der Waals surface area contributed by atoms with Crippen molar-refractivity contribution in [2.75, 3.05) is 44.7 Å². The minimum Gasteiger partial charge on any atom is -0.490 e. The Bertz CT molecular complexity index is 2120. The summed E-state index contributed by atoms with van der Waals surface area (Å²) in [6, 6.07) is 12.0. The Balaban J connectivity index is 0.980. The van der Waals surface area contributed by atoms with Crippen LogP contribution in [0, 0.1) is 0 Å². The first-order chi connectivity index (χ1) is 30.4. The molecule has 3 aromatic rings. The van der Waals surface area contributed by atoms with Gasteiger partial charge in [0.15, 0.2) is 12.5 Å². The molecule has 3 aliphatic rings. The normalized spacial score (nSPS) is 26.1. The van der Waals surface area contributed by atoms with Crippen molar-refractivity contribution < 1.29 is 66.9 Å². The van der Waals surface area contributed by atoms with Gasteiger partial charge in [-0.1, -0.05) is 12.1 Å². The molecule has 24 heteroatoms. The molecule has 3 saturated heterocycles. The molecule has 3 aliphatic heterocycles. The number of nitrogens with one attached hydrogen (secondary N) is 3. The molecule has 11 N–H and O–H groups in total. The molecule has 1 aromatic heterocycles. The third-order valence-corrected chi connectivity index (χ3v) is 11.2. The predicted octanol–water partition coefficient (Wildman–Crippen LogP) is -1.43. The highest BCUT2D eigenvalue weighted by molar-refractivity contribution is 5.80. The Morgan fingerprint density at radius 2 is 1.61 bits per heavy atom. The number of hydrogen-bond donors (Lipinski definition) is 9. The SMILES string of the molecule is CN(CCCNC(=O)NCc1ccc(N2CCC(Oc3ccc(OC(F)(F)F)cc3)CC2)cc1)[C@H](C(N)=O)[C@H](O[C@@H]1O[C@H](CN)[C@@H](O)[C@H]1O)C1OC(n2ccc(=O)[nH]c2=O)C(O)C1O. The summed E-state index contributed by atoms with van der Waals surface area (Å²) in [6.45, 7) is 1.64. The molecule has 21 nitrogen and oxygen atoms in total. The van der Waals surface area contributed by atoms with Gasteiger partial charge in [0, 0.05) is 70.1 Å². The van der Waals surface area contributed by atoms with E-state index in [2.05, 4.69) is 20.3 Å². The second kappa shape index (κ2) is 21.1. The van der Waals surface area contributed by atoms with Gasteiger partial charge in [-0.05, 0) is 55.4 Å².